The summed E-state index contributed by atoms with van der Waals surface area (Å²) in [6.45, 7) is 1.48. The van der Waals surface area contributed by atoms with Crippen LogP contribution in [-0.2, 0) is 0 Å². The number of aromatic nitrogens is 1. The Labute approximate surface area is 111 Å². The summed E-state index contributed by atoms with van der Waals surface area (Å²) < 4.78 is 4.72. The van der Waals surface area contributed by atoms with Gasteiger partial charge in [-0.2, -0.15) is 0 Å². The molecule has 1 aromatic carbocycles. The number of ketones is 1. The fourth-order valence-corrected chi connectivity index (χ4v) is 1.64. The first kappa shape index (κ1) is 13.3. The van der Waals surface area contributed by atoms with Crippen LogP contribution in [0.25, 0.3) is 0 Å². The first-order valence-electron chi connectivity index (χ1n) is 5.30. The van der Waals surface area contributed by atoms with E-state index in [1.165, 1.54) is 6.92 Å². The van der Waals surface area contributed by atoms with Gasteiger partial charge >= 0.3 is 0 Å². The molecule has 2 aromatic rings. The molecule has 0 amide bonds. The SMILES string of the molecule is Cc1oncc1C(=O)c1ccc([N+](=O)[O-])cc1[N+](=O)[O-]. The van der Waals surface area contributed by atoms with Crippen LogP contribution in [0.15, 0.2) is 28.9 Å². The van der Waals surface area contributed by atoms with Gasteiger partial charge in [-0.1, -0.05) is 5.16 Å². The molecule has 0 spiro atoms. The highest BCUT2D eigenvalue weighted by Gasteiger charge is 2.26. The number of nitro benzene ring substituents is 2. The largest absolute Gasteiger partial charge is 0.361 e. The summed E-state index contributed by atoms with van der Waals surface area (Å²) in [5, 5.41) is 25.0. The number of nitro groups is 2. The lowest BCUT2D eigenvalue weighted by Crippen LogP contribution is -2.06. The van der Waals surface area contributed by atoms with Crippen molar-refractivity contribution >= 4 is 17.2 Å². The number of non-ortho nitro benzene ring substituents is 1. The first-order valence-corrected chi connectivity index (χ1v) is 5.30. The monoisotopic (exact) mass is 277 g/mol. The van der Waals surface area contributed by atoms with E-state index in [9.17, 15) is 25.0 Å². The summed E-state index contributed by atoms with van der Waals surface area (Å²) in [4.78, 5) is 32.1. The van der Waals surface area contributed by atoms with E-state index >= 15 is 0 Å². The van der Waals surface area contributed by atoms with Gasteiger partial charge in [-0.15, -0.1) is 0 Å². The van der Waals surface area contributed by atoms with Crippen molar-refractivity contribution in [3.8, 4) is 0 Å². The van der Waals surface area contributed by atoms with E-state index in [2.05, 4.69) is 5.16 Å². The van der Waals surface area contributed by atoms with Crippen LogP contribution in [0.5, 0.6) is 0 Å². The zero-order valence-corrected chi connectivity index (χ0v) is 10.1. The molecule has 0 aliphatic carbocycles. The highest BCUT2D eigenvalue weighted by Crippen LogP contribution is 2.27. The molecule has 20 heavy (non-hydrogen) atoms. The fraction of sp³-hybridized carbons (Fsp3) is 0.0909. The van der Waals surface area contributed by atoms with E-state index < -0.39 is 27.0 Å². The predicted octanol–water partition coefficient (Wildman–Crippen LogP) is 2.03. The maximum atomic E-state index is 12.2. The van der Waals surface area contributed by atoms with Crippen LogP contribution in [0.3, 0.4) is 0 Å². The lowest BCUT2D eigenvalue weighted by molar-refractivity contribution is -0.394. The second-order valence-corrected chi connectivity index (χ2v) is 3.84. The van der Waals surface area contributed by atoms with Gasteiger partial charge in [0.15, 0.2) is 0 Å². The standard InChI is InChI=1S/C11H7N3O6/c1-6-9(5-12-20-6)11(15)8-3-2-7(13(16)17)4-10(8)14(18)19/h2-5H,1H3. The molecule has 9 nitrogen and oxygen atoms in total. The normalized spacial score (nSPS) is 10.2. The molecule has 0 bridgehead atoms. The maximum Gasteiger partial charge on any atom is 0.287 e. The highest BCUT2D eigenvalue weighted by molar-refractivity contribution is 6.12. The summed E-state index contributed by atoms with van der Waals surface area (Å²) in [5.41, 5.74) is -1.28. The Morgan fingerprint density at radius 1 is 1.20 bits per heavy atom. The van der Waals surface area contributed by atoms with Crippen LogP contribution in [0.4, 0.5) is 11.4 Å². The molecule has 9 heteroatoms. The minimum Gasteiger partial charge on any atom is -0.361 e. The number of hydrogen-bond donors (Lipinski definition) is 0. The van der Waals surface area contributed by atoms with Gasteiger partial charge in [0.05, 0.1) is 27.7 Å². The Kier molecular flexibility index (Phi) is 3.25. The molecule has 0 fully saturated rings. The molecule has 1 heterocycles. The third kappa shape index (κ3) is 2.23. The van der Waals surface area contributed by atoms with E-state index in [0.29, 0.717) is 0 Å². The van der Waals surface area contributed by atoms with Crippen molar-refractivity contribution in [3.63, 3.8) is 0 Å². The zero-order valence-electron chi connectivity index (χ0n) is 10.1. The molecule has 0 radical (unpaired) electrons. The summed E-state index contributed by atoms with van der Waals surface area (Å²) in [6, 6.07) is 2.82. The van der Waals surface area contributed by atoms with Crippen molar-refractivity contribution < 1.29 is 19.2 Å². The number of benzene rings is 1. The van der Waals surface area contributed by atoms with Crippen molar-refractivity contribution in [2.75, 3.05) is 0 Å². The maximum absolute atomic E-state index is 12.2. The fourth-order valence-electron chi connectivity index (χ4n) is 1.64. The summed E-state index contributed by atoms with van der Waals surface area (Å²) in [7, 11) is 0. The molecule has 0 aliphatic heterocycles. The Hall–Kier alpha value is -3.10. The molecule has 0 unspecified atom stereocenters. The van der Waals surface area contributed by atoms with Gasteiger partial charge in [0.25, 0.3) is 11.4 Å². The van der Waals surface area contributed by atoms with Crippen molar-refractivity contribution in [2.45, 2.75) is 6.92 Å². The Morgan fingerprint density at radius 2 is 1.90 bits per heavy atom. The highest BCUT2D eigenvalue weighted by atomic mass is 16.6. The molecule has 0 atom stereocenters. The van der Waals surface area contributed by atoms with Crippen LogP contribution in [0.1, 0.15) is 21.7 Å². The minimum absolute atomic E-state index is 0.0713. The van der Waals surface area contributed by atoms with Gasteiger partial charge in [0.2, 0.25) is 5.78 Å². The lowest BCUT2D eigenvalue weighted by Gasteiger charge is -2.01. The Balaban J connectivity index is 2.57. The molecule has 0 N–H and O–H groups in total. The smallest absolute Gasteiger partial charge is 0.287 e. The van der Waals surface area contributed by atoms with Crippen LogP contribution < -0.4 is 0 Å². The van der Waals surface area contributed by atoms with Crippen LogP contribution in [0.2, 0.25) is 0 Å². The molecule has 1 aromatic heterocycles. The van der Waals surface area contributed by atoms with Crippen molar-refractivity contribution in [1.82, 2.24) is 5.16 Å². The molecule has 0 aliphatic rings. The van der Waals surface area contributed by atoms with Gasteiger partial charge in [0.1, 0.15) is 11.3 Å². The topological polar surface area (TPSA) is 129 Å². The Morgan fingerprint density at radius 3 is 2.40 bits per heavy atom. The van der Waals surface area contributed by atoms with Gasteiger partial charge < -0.3 is 4.52 Å². The van der Waals surface area contributed by atoms with Crippen molar-refractivity contribution in [1.29, 1.82) is 0 Å². The number of carbonyl (C=O) groups excluding carboxylic acids is 1. The number of carbonyl (C=O) groups is 1. The van der Waals surface area contributed by atoms with Crippen LogP contribution in [0, 0.1) is 27.2 Å². The summed E-state index contributed by atoms with van der Waals surface area (Å²) >= 11 is 0. The second-order valence-electron chi connectivity index (χ2n) is 3.84. The number of hydrogen-bond acceptors (Lipinski definition) is 7. The second kappa shape index (κ2) is 4.88. The molecular weight excluding hydrogens is 270 g/mol. The van der Waals surface area contributed by atoms with E-state index in [-0.39, 0.29) is 16.9 Å². The molecule has 2 rings (SSSR count). The van der Waals surface area contributed by atoms with E-state index in [0.717, 1.165) is 24.4 Å². The lowest BCUT2D eigenvalue weighted by atomic mass is 10.0. The minimum atomic E-state index is -0.844. The summed E-state index contributed by atoms with van der Waals surface area (Å²) in [6.07, 6.45) is 1.14. The van der Waals surface area contributed by atoms with Gasteiger partial charge in [-0.05, 0) is 13.0 Å². The average Bonchev–Trinajstić information content (AvgIpc) is 2.83. The molecular formula is C11H7N3O6. The Bertz CT molecular complexity index is 721. The zero-order chi connectivity index (χ0) is 14.9. The number of rotatable bonds is 4. The van der Waals surface area contributed by atoms with E-state index in [4.69, 9.17) is 4.52 Å². The van der Waals surface area contributed by atoms with Gasteiger partial charge in [-0.25, -0.2) is 0 Å². The third-order valence-corrected chi connectivity index (χ3v) is 2.63. The van der Waals surface area contributed by atoms with Crippen LogP contribution in [-0.4, -0.2) is 20.8 Å². The van der Waals surface area contributed by atoms with Gasteiger partial charge in [-0.3, -0.25) is 25.0 Å². The number of aryl methyl sites for hydroxylation is 1. The summed E-state index contributed by atoms with van der Waals surface area (Å²) in [5.74, 6) is -0.465. The third-order valence-electron chi connectivity index (χ3n) is 2.63. The van der Waals surface area contributed by atoms with Crippen LogP contribution >= 0.6 is 0 Å². The average molecular weight is 277 g/mol. The van der Waals surface area contributed by atoms with Gasteiger partial charge in [0, 0.05) is 6.07 Å². The predicted molar refractivity (Wildman–Crippen MR) is 64.4 cm³/mol. The first-order chi connectivity index (χ1) is 9.41. The molecule has 102 valence electrons. The molecule has 0 saturated heterocycles. The quantitative estimate of drug-likeness (QED) is 0.474. The van der Waals surface area contributed by atoms with Crippen molar-refractivity contribution in [2.24, 2.45) is 0 Å². The molecule has 0 saturated carbocycles. The number of nitrogens with zero attached hydrogens (tertiary/aromatic N) is 3. The van der Waals surface area contributed by atoms with E-state index in [1.807, 2.05) is 0 Å². The van der Waals surface area contributed by atoms with E-state index in [1.54, 1.807) is 0 Å². The van der Waals surface area contributed by atoms with Crippen molar-refractivity contribution in [3.05, 3.63) is 61.5 Å².